The Bertz CT molecular complexity index is 1220. The van der Waals surface area contributed by atoms with Crippen LogP contribution in [0.4, 0.5) is 0 Å². The van der Waals surface area contributed by atoms with Crippen LogP contribution in [0.2, 0.25) is 0 Å². The molecule has 0 fully saturated rings. The maximum absolute atomic E-state index is 12.2. The van der Waals surface area contributed by atoms with Gasteiger partial charge in [0.2, 0.25) is 5.76 Å². The first kappa shape index (κ1) is 12.2. The van der Waals surface area contributed by atoms with E-state index in [4.69, 9.17) is 14.1 Å². The Balaban J connectivity index is 2.41. The summed E-state index contributed by atoms with van der Waals surface area (Å²) in [4.78, 5) is 12.2. The van der Waals surface area contributed by atoms with Gasteiger partial charge in [0.05, 0.1) is 5.39 Å². The summed E-state index contributed by atoms with van der Waals surface area (Å²) in [5.74, 6) is -0.176. The minimum Gasteiger partial charge on any atom is -0.443 e. The van der Waals surface area contributed by atoms with E-state index in [0.29, 0.717) is 11.0 Å². The topological polar surface area (TPSA) is 90.9 Å². The SMILES string of the molecule is N#Cc1oc2c(c1C#N)c(=O)oc1ccc3ccccc3c12. The van der Waals surface area contributed by atoms with E-state index in [1.54, 1.807) is 12.1 Å². The third-order valence-corrected chi connectivity index (χ3v) is 3.65. The standard InChI is InChI=1S/C17H6N2O3/c18-7-11-13(8-19)21-16-14-10-4-2-1-3-9(10)5-6-12(14)22-17(20)15(11)16/h1-6H. The van der Waals surface area contributed by atoms with Crippen LogP contribution >= 0.6 is 0 Å². The van der Waals surface area contributed by atoms with E-state index in [9.17, 15) is 10.1 Å². The highest BCUT2D eigenvalue weighted by Crippen LogP contribution is 2.33. The van der Waals surface area contributed by atoms with Crippen LogP contribution in [0, 0.1) is 22.7 Å². The molecule has 0 spiro atoms. The van der Waals surface area contributed by atoms with E-state index < -0.39 is 5.63 Å². The molecule has 0 saturated carbocycles. The monoisotopic (exact) mass is 286 g/mol. The third kappa shape index (κ3) is 1.42. The summed E-state index contributed by atoms with van der Waals surface area (Å²) < 4.78 is 10.8. The van der Waals surface area contributed by atoms with E-state index in [1.165, 1.54) is 0 Å². The Morgan fingerprint density at radius 1 is 0.909 bits per heavy atom. The first-order valence-corrected chi connectivity index (χ1v) is 6.46. The second-order valence-electron chi connectivity index (χ2n) is 4.78. The number of fused-ring (bicyclic) bond motifs is 5. The van der Waals surface area contributed by atoms with Gasteiger partial charge in [-0.1, -0.05) is 30.3 Å². The molecule has 0 amide bonds. The van der Waals surface area contributed by atoms with E-state index in [2.05, 4.69) is 0 Å². The molecule has 4 rings (SSSR count). The van der Waals surface area contributed by atoms with Crippen LogP contribution in [0.15, 0.2) is 50.0 Å². The Labute approximate surface area is 123 Å². The zero-order chi connectivity index (χ0) is 15.3. The lowest BCUT2D eigenvalue weighted by molar-refractivity contribution is 0.563. The lowest BCUT2D eigenvalue weighted by Gasteiger charge is -2.02. The van der Waals surface area contributed by atoms with Gasteiger partial charge in [-0.3, -0.25) is 0 Å². The molecule has 0 bridgehead atoms. The number of nitriles is 2. The summed E-state index contributed by atoms with van der Waals surface area (Å²) in [6, 6.07) is 14.7. The van der Waals surface area contributed by atoms with E-state index >= 15 is 0 Å². The lowest BCUT2D eigenvalue weighted by Crippen LogP contribution is -2.00. The highest BCUT2D eigenvalue weighted by Gasteiger charge is 2.21. The molecule has 102 valence electrons. The number of hydrogen-bond acceptors (Lipinski definition) is 5. The largest absolute Gasteiger partial charge is 0.443 e. The van der Waals surface area contributed by atoms with Crippen LogP contribution in [0.5, 0.6) is 0 Å². The molecule has 0 saturated heterocycles. The van der Waals surface area contributed by atoms with Gasteiger partial charge in [-0.2, -0.15) is 10.5 Å². The van der Waals surface area contributed by atoms with E-state index in [0.717, 1.165) is 10.8 Å². The van der Waals surface area contributed by atoms with Crippen molar-refractivity contribution in [2.75, 3.05) is 0 Å². The van der Waals surface area contributed by atoms with Crippen molar-refractivity contribution in [3.63, 3.8) is 0 Å². The molecule has 22 heavy (non-hydrogen) atoms. The molecule has 0 aliphatic rings. The average Bonchev–Trinajstić information content (AvgIpc) is 2.93. The molecule has 0 aliphatic carbocycles. The molecule has 2 aromatic carbocycles. The second-order valence-corrected chi connectivity index (χ2v) is 4.78. The molecule has 0 aliphatic heterocycles. The number of hydrogen-bond donors (Lipinski definition) is 0. The fourth-order valence-electron chi connectivity index (χ4n) is 2.71. The van der Waals surface area contributed by atoms with E-state index in [1.807, 2.05) is 36.4 Å². The third-order valence-electron chi connectivity index (χ3n) is 3.65. The van der Waals surface area contributed by atoms with Crippen molar-refractivity contribution in [2.24, 2.45) is 0 Å². The lowest BCUT2D eigenvalue weighted by atomic mass is 10.0. The number of furan rings is 1. The summed E-state index contributed by atoms with van der Waals surface area (Å²) in [5.41, 5.74) is -0.184. The molecule has 0 atom stereocenters. The molecule has 4 aromatic rings. The molecule has 0 N–H and O–H groups in total. The molecular weight excluding hydrogens is 280 g/mol. The van der Waals surface area contributed by atoms with Crippen molar-refractivity contribution < 1.29 is 8.83 Å². The molecule has 5 heteroatoms. The fraction of sp³-hybridized carbons (Fsp3) is 0. The number of rotatable bonds is 0. The molecule has 2 aromatic heterocycles. The van der Waals surface area contributed by atoms with Crippen LogP contribution in [-0.4, -0.2) is 0 Å². The molecular formula is C17H6N2O3. The highest BCUT2D eigenvalue weighted by molar-refractivity contribution is 6.17. The summed E-state index contributed by atoms with van der Waals surface area (Å²) >= 11 is 0. The van der Waals surface area contributed by atoms with Gasteiger partial charge in [-0.25, -0.2) is 4.79 Å². The van der Waals surface area contributed by atoms with Crippen LogP contribution in [0.25, 0.3) is 32.7 Å². The van der Waals surface area contributed by atoms with Gasteiger partial charge in [-0.05, 0) is 16.8 Å². The molecule has 0 unspecified atom stereocenters. The van der Waals surface area contributed by atoms with Crippen LogP contribution in [0.1, 0.15) is 11.3 Å². The Morgan fingerprint density at radius 2 is 1.73 bits per heavy atom. The van der Waals surface area contributed by atoms with Crippen LogP contribution < -0.4 is 5.63 Å². The van der Waals surface area contributed by atoms with Crippen molar-refractivity contribution in [1.82, 2.24) is 0 Å². The number of nitrogens with zero attached hydrogens (tertiary/aromatic N) is 2. The zero-order valence-electron chi connectivity index (χ0n) is 11.1. The van der Waals surface area contributed by atoms with Gasteiger partial charge in [0.1, 0.15) is 28.7 Å². The van der Waals surface area contributed by atoms with Gasteiger partial charge in [-0.15, -0.1) is 0 Å². The molecule has 0 radical (unpaired) electrons. The average molecular weight is 286 g/mol. The van der Waals surface area contributed by atoms with Crippen LogP contribution in [0.3, 0.4) is 0 Å². The highest BCUT2D eigenvalue weighted by atomic mass is 16.4. The predicted octanol–water partition coefficient (Wildman–Crippen LogP) is 3.44. The Hall–Kier alpha value is -3.57. The zero-order valence-corrected chi connectivity index (χ0v) is 11.1. The van der Waals surface area contributed by atoms with Gasteiger partial charge in [0.25, 0.3) is 0 Å². The van der Waals surface area contributed by atoms with Gasteiger partial charge in [0.15, 0.2) is 5.58 Å². The summed E-state index contributed by atoms with van der Waals surface area (Å²) in [6.07, 6.45) is 0. The van der Waals surface area contributed by atoms with Gasteiger partial charge >= 0.3 is 5.63 Å². The predicted molar refractivity (Wildman–Crippen MR) is 79.2 cm³/mol. The van der Waals surface area contributed by atoms with Crippen molar-refractivity contribution in [3.8, 4) is 12.1 Å². The first-order chi connectivity index (χ1) is 10.7. The summed E-state index contributed by atoms with van der Waals surface area (Å²) in [5, 5.41) is 20.7. The first-order valence-electron chi connectivity index (χ1n) is 6.46. The minimum atomic E-state index is -0.681. The quantitative estimate of drug-likeness (QED) is 0.365. The fourth-order valence-corrected chi connectivity index (χ4v) is 2.71. The second kappa shape index (κ2) is 4.21. The molecule has 2 heterocycles. The van der Waals surface area contributed by atoms with Crippen molar-refractivity contribution >= 4 is 32.7 Å². The smallest absolute Gasteiger partial charge is 0.348 e. The normalized spacial score (nSPS) is 10.8. The summed E-state index contributed by atoms with van der Waals surface area (Å²) in [7, 11) is 0. The number of benzene rings is 2. The van der Waals surface area contributed by atoms with Crippen molar-refractivity contribution in [1.29, 1.82) is 10.5 Å². The van der Waals surface area contributed by atoms with Crippen molar-refractivity contribution in [2.45, 2.75) is 0 Å². The van der Waals surface area contributed by atoms with Crippen molar-refractivity contribution in [3.05, 3.63) is 58.1 Å². The Morgan fingerprint density at radius 3 is 2.50 bits per heavy atom. The molecule has 5 nitrogen and oxygen atoms in total. The minimum absolute atomic E-state index is 0.0166. The van der Waals surface area contributed by atoms with Gasteiger partial charge < -0.3 is 8.83 Å². The maximum atomic E-state index is 12.2. The van der Waals surface area contributed by atoms with Crippen LogP contribution in [-0.2, 0) is 0 Å². The maximum Gasteiger partial charge on any atom is 0.348 e. The Kier molecular flexibility index (Phi) is 2.33. The summed E-state index contributed by atoms with van der Waals surface area (Å²) in [6.45, 7) is 0. The van der Waals surface area contributed by atoms with Gasteiger partial charge in [0, 0.05) is 0 Å². The van der Waals surface area contributed by atoms with E-state index in [-0.39, 0.29) is 22.3 Å².